The molecule has 198 valence electrons. The van der Waals surface area contributed by atoms with Gasteiger partial charge < -0.3 is 24.8 Å². The number of rotatable bonds is 12. The van der Waals surface area contributed by atoms with Crippen LogP contribution in [0.25, 0.3) is 0 Å². The first-order valence-electron chi connectivity index (χ1n) is 12.0. The van der Waals surface area contributed by atoms with Crippen LogP contribution in [-0.2, 0) is 20.8 Å². The first-order valence-corrected chi connectivity index (χ1v) is 12.0. The normalized spacial score (nSPS) is 10.5. The summed E-state index contributed by atoms with van der Waals surface area (Å²) in [6, 6.07) is 21.6. The third kappa shape index (κ3) is 8.66. The Bertz CT molecular complexity index is 1250. The van der Waals surface area contributed by atoms with Gasteiger partial charge in [-0.3, -0.25) is 14.4 Å². The van der Waals surface area contributed by atoms with Crippen molar-refractivity contribution in [1.82, 2.24) is 10.7 Å². The summed E-state index contributed by atoms with van der Waals surface area (Å²) < 4.78 is 16.4. The molecule has 3 aromatic rings. The molecule has 0 spiro atoms. The van der Waals surface area contributed by atoms with Gasteiger partial charge in [-0.25, -0.2) is 5.43 Å². The zero-order valence-electron chi connectivity index (χ0n) is 21.2. The highest BCUT2D eigenvalue weighted by atomic mass is 16.5. The molecule has 0 aromatic heterocycles. The van der Waals surface area contributed by atoms with Crippen LogP contribution in [0, 0.1) is 0 Å². The standard InChI is InChI=1S/C28H30N4O6/c1-3-37-23-14-12-22(13-15-23)31-25(33)19-38-26-21(10-7-11-24(26)36-2)18-30-32-28(35)27(34)29-17-16-20-8-5-4-6-9-20/h4-15,18H,3,16-17,19H2,1-2H3,(H,29,34)(H,31,33)(H,32,35)/b30-18-. The molecule has 0 radical (unpaired) electrons. The molecule has 38 heavy (non-hydrogen) atoms. The van der Waals surface area contributed by atoms with Gasteiger partial charge in [-0.15, -0.1) is 0 Å². The summed E-state index contributed by atoms with van der Waals surface area (Å²) in [5, 5.41) is 9.14. The summed E-state index contributed by atoms with van der Waals surface area (Å²) in [6.07, 6.45) is 1.90. The van der Waals surface area contributed by atoms with Crippen molar-refractivity contribution in [3.8, 4) is 17.2 Å². The van der Waals surface area contributed by atoms with Crippen molar-refractivity contribution in [2.75, 3.05) is 32.2 Å². The summed E-state index contributed by atoms with van der Waals surface area (Å²) in [5.41, 5.74) is 4.26. The van der Waals surface area contributed by atoms with Gasteiger partial charge >= 0.3 is 11.8 Å². The minimum Gasteiger partial charge on any atom is -0.494 e. The molecule has 0 aliphatic heterocycles. The molecule has 0 atom stereocenters. The average molecular weight is 519 g/mol. The Morgan fingerprint density at radius 1 is 0.895 bits per heavy atom. The van der Waals surface area contributed by atoms with E-state index < -0.39 is 11.8 Å². The molecule has 3 rings (SSSR count). The van der Waals surface area contributed by atoms with Gasteiger partial charge in [0.25, 0.3) is 5.91 Å². The molecule has 0 fully saturated rings. The lowest BCUT2D eigenvalue weighted by Gasteiger charge is -2.13. The van der Waals surface area contributed by atoms with Crippen molar-refractivity contribution in [3.05, 3.63) is 83.9 Å². The molecule has 0 saturated heterocycles. The van der Waals surface area contributed by atoms with E-state index in [0.29, 0.717) is 42.3 Å². The Balaban J connectivity index is 1.53. The van der Waals surface area contributed by atoms with E-state index in [0.717, 1.165) is 5.56 Å². The molecule has 0 heterocycles. The second-order valence-corrected chi connectivity index (χ2v) is 7.86. The fourth-order valence-electron chi connectivity index (χ4n) is 3.34. The van der Waals surface area contributed by atoms with Crippen molar-refractivity contribution in [2.45, 2.75) is 13.3 Å². The van der Waals surface area contributed by atoms with Gasteiger partial charge in [-0.2, -0.15) is 5.10 Å². The second-order valence-electron chi connectivity index (χ2n) is 7.86. The molecular formula is C28H30N4O6. The molecule has 0 aliphatic rings. The number of nitrogens with zero attached hydrogens (tertiary/aromatic N) is 1. The lowest BCUT2D eigenvalue weighted by atomic mass is 10.1. The lowest BCUT2D eigenvalue weighted by Crippen LogP contribution is -2.38. The molecule has 3 N–H and O–H groups in total. The highest BCUT2D eigenvalue weighted by molar-refractivity contribution is 6.35. The number of benzene rings is 3. The quantitative estimate of drug-likeness (QED) is 0.192. The van der Waals surface area contributed by atoms with Gasteiger partial charge in [-0.05, 0) is 55.3 Å². The summed E-state index contributed by atoms with van der Waals surface area (Å²) in [6.45, 7) is 2.45. The van der Waals surface area contributed by atoms with Gasteiger partial charge in [0, 0.05) is 17.8 Å². The van der Waals surface area contributed by atoms with Crippen LogP contribution < -0.4 is 30.3 Å². The van der Waals surface area contributed by atoms with Crippen LogP contribution >= 0.6 is 0 Å². The van der Waals surface area contributed by atoms with Crippen molar-refractivity contribution < 1.29 is 28.6 Å². The fourth-order valence-corrected chi connectivity index (χ4v) is 3.34. The number of nitrogens with one attached hydrogen (secondary N) is 3. The Kier molecular flexibility index (Phi) is 10.7. The van der Waals surface area contributed by atoms with E-state index in [9.17, 15) is 14.4 Å². The highest BCUT2D eigenvalue weighted by Gasteiger charge is 2.14. The van der Waals surface area contributed by atoms with E-state index in [-0.39, 0.29) is 18.3 Å². The Morgan fingerprint density at radius 2 is 1.66 bits per heavy atom. The van der Waals surface area contributed by atoms with Crippen molar-refractivity contribution in [2.24, 2.45) is 5.10 Å². The summed E-state index contributed by atoms with van der Waals surface area (Å²) in [4.78, 5) is 36.5. The molecule has 3 aromatic carbocycles. The van der Waals surface area contributed by atoms with E-state index in [4.69, 9.17) is 14.2 Å². The predicted octanol–water partition coefficient (Wildman–Crippen LogP) is 2.92. The number of hydrogen-bond donors (Lipinski definition) is 3. The zero-order valence-corrected chi connectivity index (χ0v) is 21.2. The van der Waals surface area contributed by atoms with Gasteiger partial charge in [0.15, 0.2) is 18.1 Å². The van der Waals surface area contributed by atoms with Crippen molar-refractivity contribution >= 4 is 29.6 Å². The zero-order chi connectivity index (χ0) is 27.2. The smallest absolute Gasteiger partial charge is 0.329 e. The molecule has 10 heteroatoms. The maximum atomic E-state index is 12.4. The largest absolute Gasteiger partial charge is 0.494 e. The van der Waals surface area contributed by atoms with Gasteiger partial charge in [0.05, 0.1) is 19.9 Å². The Hall–Kier alpha value is -4.86. The van der Waals surface area contributed by atoms with Crippen LogP contribution in [0.5, 0.6) is 17.2 Å². The number of carbonyl (C=O) groups excluding carboxylic acids is 3. The number of hydrogen-bond acceptors (Lipinski definition) is 7. The topological polar surface area (TPSA) is 127 Å². The van der Waals surface area contributed by atoms with Crippen LogP contribution in [-0.4, -0.2) is 50.8 Å². The number of carbonyl (C=O) groups is 3. The highest BCUT2D eigenvalue weighted by Crippen LogP contribution is 2.30. The van der Waals surface area contributed by atoms with Crippen LogP contribution in [0.15, 0.2) is 77.9 Å². The van der Waals surface area contributed by atoms with Crippen molar-refractivity contribution in [3.63, 3.8) is 0 Å². The number of amides is 3. The molecule has 0 aliphatic carbocycles. The molecule has 0 saturated carbocycles. The molecule has 0 unspecified atom stereocenters. The average Bonchev–Trinajstić information content (AvgIpc) is 2.93. The molecular weight excluding hydrogens is 488 g/mol. The minimum atomic E-state index is -0.908. The van der Waals surface area contributed by atoms with E-state index in [2.05, 4.69) is 21.2 Å². The summed E-state index contributed by atoms with van der Waals surface area (Å²) >= 11 is 0. The summed E-state index contributed by atoms with van der Waals surface area (Å²) in [5.74, 6) is -0.768. The Morgan fingerprint density at radius 3 is 2.37 bits per heavy atom. The first kappa shape index (κ1) is 27.7. The lowest BCUT2D eigenvalue weighted by molar-refractivity contribution is -0.139. The number of methoxy groups -OCH3 is 1. The van der Waals surface area contributed by atoms with E-state index in [1.165, 1.54) is 13.3 Å². The van der Waals surface area contributed by atoms with E-state index in [1.54, 1.807) is 42.5 Å². The van der Waals surface area contributed by atoms with Crippen molar-refractivity contribution in [1.29, 1.82) is 0 Å². The van der Waals surface area contributed by atoms with Crippen LogP contribution in [0.4, 0.5) is 5.69 Å². The third-order valence-corrected chi connectivity index (χ3v) is 5.14. The van der Waals surface area contributed by atoms with E-state index >= 15 is 0 Å². The summed E-state index contributed by atoms with van der Waals surface area (Å²) in [7, 11) is 1.46. The number of anilines is 1. The maximum absolute atomic E-state index is 12.4. The predicted molar refractivity (Wildman–Crippen MR) is 144 cm³/mol. The third-order valence-electron chi connectivity index (χ3n) is 5.14. The van der Waals surface area contributed by atoms with Crippen LogP contribution in [0.3, 0.4) is 0 Å². The number of ether oxygens (including phenoxy) is 3. The van der Waals surface area contributed by atoms with Crippen LogP contribution in [0.1, 0.15) is 18.1 Å². The molecule has 0 bridgehead atoms. The van der Waals surface area contributed by atoms with Crippen LogP contribution in [0.2, 0.25) is 0 Å². The number of para-hydroxylation sites is 1. The van der Waals surface area contributed by atoms with Gasteiger partial charge in [0.2, 0.25) is 0 Å². The van der Waals surface area contributed by atoms with Gasteiger partial charge in [0.1, 0.15) is 5.75 Å². The molecule has 10 nitrogen and oxygen atoms in total. The first-order chi connectivity index (χ1) is 18.5. The Labute approximate surface area is 221 Å². The number of hydrazone groups is 1. The second kappa shape index (κ2) is 14.6. The maximum Gasteiger partial charge on any atom is 0.329 e. The minimum absolute atomic E-state index is 0.252. The van der Waals surface area contributed by atoms with E-state index in [1.807, 2.05) is 37.3 Å². The van der Waals surface area contributed by atoms with Gasteiger partial charge in [-0.1, -0.05) is 36.4 Å². The SMILES string of the molecule is CCOc1ccc(NC(=O)COc2c(/C=N\NC(=O)C(=O)NCCc3ccccc3)cccc2OC)cc1. The fraction of sp³-hybridized carbons (Fsp3) is 0.214. The monoisotopic (exact) mass is 518 g/mol. The molecule has 3 amide bonds.